The van der Waals surface area contributed by atoms with E-state index >= 15 is 4.57 Å². The van der Waals surface area contributed by atoms with Gasteiger partial charge in [-0.3, -0.25) is 41.6 Å². The number of aromatic nitrogens is 6. The molecule has 0 radical (unpaired) electrons. The maximum atomic E-state index is 15.1. The number of alkyl halides is 9. The molecule has 3 fully saturated rings. The van der Waals surface area contributed by atoms with Gasteiger partial charge in [-0.2, -0.15) is 54.5 Å². The number of methoxy groups -OCH3 is 3. The van der Waals surface area contributed by atoms with Crippen molar-refractivity contribution < 1.29 is 141 Å². The van der Waals surface area contributed by atoms with Gasteiger partial charge in [-0.1, -0.05) is 36.4 Å². The normalized spacial score (nSPS) is 18.3. The average molecular weight is 2170 g/mol. The van der Waals surface area contributed by atoms with Crippen LogP contribution >= 0.6 is 30.6 Å². The number of phosphoric acid groups is 1. The Bertz CT molecular complexity index is 5900. The van der Waals surface area contributed by atoms with Crippen LogP contribution in [0, 0.1) is 0 Å². The number of phosphoric ester groups is 1. The molecule has 3 aliphatic heterocycles. The Labute approximate surface area is 855 Å². The second-order valence-corrected chi connectivity index (χ2v) is 44.1. The minimum atomic E-state index is -4.95. The fourth-order valence-corrected chi connectivity index (χ4v) is 25.4. The van der Waals surface area contributed by atoms with Crippen LogP contribution in [0.1, 0.15) is 234 Å². The van der Waals surface area contributed by atoms with E-state index < -0.39 is 140 Å². The molecule has 3 aliphatic carbocycles. The molecule has 806 valence electrons. The van der Waals surface area contributed by atoms with Crippen LogP contribution in [0.2, 0.25) is 0 Å². The van der Waals surface area contributed by atoms with Crippen molar-refractivity contribution in [2.45, 2.75) is 211 Å². The molecule has 6 aliphatic rings. The molecule has 50 heteroatoms. The average Bonchev–Trinajstić information content (AvgIpc) is 1.62. The summed E-state index contributed by atoms with van der Waals surface area (Å²) in [5.74, 6) is -3.86. The van der Waals surface area contributed by atoms with Crippen molar-refractivity contribution in [3.8, 4) is 17.2 Å². The molecule has 0 atom stereocenters. The van der Waals surface area contributed by atoms with Crippen LogP contribution in [-0.4, -0.2) is 183 Å². The van der Waals surface area contributed by atoms with Crippen molar-refractivity contribution in [3.05, 3.63) is 193 Å². The van der Waals surface area contributed by atoms with Crippen LogP contribution in [0.25, 0.3) is 0 Å². The maximum Gasteiger partial charge on any atom is 0.481 e. The summed E-state index contributed by atoms with van der Waals surface area (Å²) in [4.78, 5) is 71.7. The number of carbonyl (C=O) groups excluding carboxylic acids is 3. The molecule has 15 rings (SSSR count). The first kappa shape index (κ1) is 112. The fourth-order valence-electron chi connectivity index (χ4n) is 19.5. The van der Waals surface area contributed by atoms with Gasteiger partial charge in [0.1, 0.15) is 51.4 Å². The minimum Gasteiger partial charge on any atom is -0.495 e. The quantitative estimate of drug-likeness (QED) is 0.0117. The lowest BCUT2D eigenvalue weighted by molar-refractivity contribution is -0.138. The molecule has 0 bridgehead atoms. The number of hydrogen-bond donors (Lipinski definition) is 6. The van der Waals surface area contributed by atoms with Crippen molar-refractivity contribution >= 4 is 118 Å². The zero-order valence-corrected chi connectivity index (χ0v) is 87.7. The Hall–Kier alpha value is -11.0. The third-order valence-electron chi connectivity index (χ3n) is 26.5. The van der Waals surface area contributed by atoms with Gasteiger partial charge < -0.3 is 102 Å². The summed E-state index contributed by atoms with van der Waals surface area (Å²) < 4.78 is 276. The molecular formula is C99H120F9N15O22P4. The van der Waals surface area contributed by atoms with Gasteiger partial charge in [0.25, 0.3) is 17.7 Å². The van der Waals surface area contributed by atoms with E-state index in [1.54, 1.807) is 154 Å². The standard InChI is InChI=1S/C99H120F9N15O22P4/c1-13-137-146(127,138-14-2)52-58-19-37-76(82(43-58)131-10)115-94-109-46-73(97(100,101)102)88(118-94)112-79-40-34-67(70-49-121(7)91(124)85(70)79)61-22-28-64(29-23-61)134-55-143-149(130,144-56-135-65-30-24-62(25-31-65)68-35-41-80(86-71(68)50-122(8)92(86)125)113-89-74(98(103,104)105)47-110-95(119-89)116-77-38-20-59(44-83(77)132-11)53-147(128,139-15-3)140-16-4)145-57-136-66-32-26-63(27-33-66)69-36-42-81(87-72(69)51-123(9)93(87)126)114-90-75(99(106,107)108)48-111-96(120-90)117-78-39-21-60(45-84(78)133-12)54-148(129,141-17-5)142-18-6/h19-21,34-48,61-66H,13-18,22-33,49-57H2,1-12H3,(H2,109,112,115,118)(H2,110,113,116,119)(H2,111,114,117,120)/t61-,62-,63-,64-,65-,66-. The third-order valence-corrected chi connectivity index (χ3v) is 33.9. The predicted octanol–water partition coefficient (Wildman–Crippen LogP) is 24.2. The monoisotopic (exact) mass is 2170 g/mol. The summed E-state index contributed by atoms with van der Waals surface area (Å²) in [6.45, 7) is 9.55. The van der Waals surface area contributed by atoms with E-state index in [0.717, 1.165) is 16.7 Å². The van der Waals surface area contributed by atoms with E-state index in [-0.39, 0.29) is 181 Å². The van der Waals surface area contributed by atoms with Gasteiger partial charge in [-0.15, -0.1) is 0 Å². The van der Waals surface area contributed by atoms with Gasteiger partial charge in [-0.25, -0.2) is 19.5 Å². The molecule has 6 N–H and O–H groups in total. The second-order valence-electron chi connectivity index (χ2n) is 36.3. The van der Waals surface area contributed by atoms with Crippen LogP contribution in [0.5, 0.6) is 17.2 Å². The van der Waals surface area contributed by atoms with Crippen molar-refractivity contribution in [1.29, 1.82) is 0 Å². The van der Waals surface area contributed by atoms with Gasteiger partial charge in [0.2, 0.25) is 17.8 Å². The topological polar surface area (TPSA) is 417 Å². The van der Waals surface area contributed by atoms with Crippen molar-refractivity contribution in [2.75, 3.05) is 134 Å². The summed E-state index contributed by atoms with van der Waals surface area (Å²) in [5, 5.41) is 17.2. The number of amides is 3. The van der Waals surface area contributed by atoms with E-state index in [9.17, 15) is 67.6 Å². The van der Waals surface area contributed by atoms with Crippen molar-refractivity contribution in [3.63, 3.8) is 0 Å². The number of nitrogens with zero attached hydrogens (tertiary/aromatic N) is 9. The summed E-state index contributed by atoms with van der Waals surface area (Å²) in [7, 11) is -6.39. The van der Waals surface area contributed by atoms with Gasteiger partial charge in [0, 0.05) is 59.4 Å². The Kier molecular flexibility index (Phi) is 36.3. The fraction of sp³-hybridized carbons (Fsp3) is 0.485. The van der Waals surface area contributed by atoms with E-state index in [2.05, 4.69) is 61.8 Å². The first-order valence-corrected chi connectivity index (χ1v) is 55.5. The number of carbonyl (C=O) groups is 3. The second kappa shape index (κ2) is 48.3. The van der Waals surface area contributed by atoms with Gasteiger partial charge in [0.15, 0.2) is 20.4 Å². The molecule has 0 spiro atoms. The van der Waals surface area contributed by atoms with E-state index in [0.29, 0.717) is 129 Å². The van der Waals surface area contributed by atoms with E-state index in [1.165, 1.54) is 36.0 Å². The lowest BCUT2D eigenvalue weighted by Gasteiger charge is -2.31. The molecule has 9 aromatic rings. The smallest absolute Gasteiger partial charge is 0.481 e. The lowest BCUT2D eigenvalue weighted by atomic mass is 9.80. The number of benzene rings is 6. The molecule has 6 aromatic carbocycles. The molecule has 0 saturated heterocycles. The Morgan fingerprint density at radius 3 is 0.805 bits per heavy atom. The summed E-state index contributed by atoms with van der Waals surface area (Å²) in [6, 6.07) is 24.3. The van der Waals surface area contributed by atoms with E-state index in [1.807, 2.05) is 0 Å². The molecule has 6 heterocycles. The zero-order chi connectivity index (χ0) is 107. The highest BCUT2D eigenvalue weighted by atomic mass is 31.2. The third kappa shape index (κ3) is 27.0. The lowest BCUT2D eigenvalue weighted by Crippen LogP contribution is -2.24. The number of ether oxygens (including phenoxy) is 6. The highest BCUT2D eigenvalue weighted by Gasteiger charge is 2.45. The van der Waals surface area contributed by atoms with Crippen LogP contribution in [0.15, 0.2) is 110 Å². The molecule has 0 unspecified atom stereocenters. The number of fused-ring (bicyclic) bond motifs is 3. The van der Waals surface area contributed by atoms with Crippen LogP contribution in [-0.2, 0) is 130 Å². The van der Waals surface area contributed by atoms with Gasteiger partial charge in [0.05, 0.1) is 149 Å². The molecular weight excluding hydrogens is 2050 g/mol. The minimum absolute atomic E-state index is 0.0681. The molecule has 149 heavy (non-hydrogen) atoms. The van der Waals surface area contributed by atoms with Crippen molar-refractivity contribution in [2.24, 2.45) is 0 Å². The Morgan fingerprint density at radius 2 is 0.577 bits per heavy atom. The zero-order valence-electron chi connectivity index (χ0n) is 84.1. The molecule has 3 amide bonds. The highest BCUT2D eigenvalue weighted by Crippen LogP contribution is 2.58. The maximum absolute atomic E-state index is 15.1. The highest BCUT2D eigenvalue weighted by molar-refractivity contribution is 7.53. The van der Waals surface area contributed by atoms with Crippen LogP contribution in [0.3, 0.4) is 0 Å². The summed E-state index contributed by atoms with van der Waals surface area (Å²) in [6.07, 6.45) is -9.01. The van der Waals surface area contributed by atoms with Gasteiger partial charge >= 0.3 is 49.1 Å². The SMILES string of the molecule is CCOP(=O)(Cc1ccc(Nc2ncc(C(F)(F)F)c(Nc3ccc([C@H]4CC[C@H](OCOP(=O)(OCO[C@H]5CC[C@H](c6ccc(Nc7nc(Nc8ccc(CP(=O)(OCC)OCC)cc8OC)ncc7C(F)(F)F)c7c6CN(C)C7=O)CC5)OCO[C@H]5CC[C@H](c6ccc(Nc7nc(Nc8ccc(CP(=O)(OCC)OCC)cc8OC)ncc7C(F)(F)F)c7c6CN(C)C7=O)CC5)CC4)c4c3C(=O)N(C)C4)n2)c(OC)c1)OCC. The molecule has 3 saturated carbocycles. The van der Waals surface area contributed by atoms with Crippen molar-refractivity contribution in [1.82, 2.24) is 44.6 Å². The first-order valence-electron chi connectivity index (χ1n) is 48.8. The number of anilines is 12. The first-order chi connectivity index (χ1) is 71.1. The number of rotatable bonds is 48. The number of nitrogens with one attached hydrogen (secondary N) is 6. The number of halogens is 9. The van der Waals surface area contributed by atoms with E-state index in [4.69, 9.17) is 69.1 Å². The summed E-state index contributed by atoms with van der Waals surface area (Å²) in [5.41, 5.74) is 3.63. The van der Waals surface area contributed by atoms with Crippen LogP contribution < -0.4 is 46.1 Å². The van der Waals surface area contributed by atoms with Gasteiger partial charge in [-0.05, 0) is 241 Å². The van der Waals surface area contributed by atoms with Crippen LogP contribution in [0.4, 0.5) is 109 Å². The predicted molar refractivity (Wildman–Crippen MR) is 534 cm³/mol. The molecule has 3 aromatic heterocycles. The largest absolute Gasteiger partial charge is 0.495 e. The summed E-state index contributed by atoms with van der Waals surface area (Å²) >= 11 is 0. The molecule has 37 nitrogen and oxygen atoms in total. The Morgan fingerprint density at radius 1 is 0.336 bits per heavy atom. The Balaban J connectivity index is 0.612. The number of hydrogen-bond acceptors (Lipinski definition) is 34.